The summed E-state index contributed by atoms with van der Waals surface area (Å²) in [7, 11) is 0. The number of aliphatic carboxylic acids is 2. The number of rotatable bonds is 9. The molecule has 0 fully saturated rings. The van der Waals surface area contributed by atoms with Crippen LogP contribution in [0.5, 0.6) is 0 Å². The molecule has 0 aromatic heterocycles. The SMILES string of the molecule is CCCCCCCC(C)C(C)(C(=O)[O-])C(=O)[O-].[Na+].[Na+]. The van der Waals surface area contributed by atoms with E-state index in [-0.39, 0.29) is 59.1 Å². The molecule has 4 nitrogen and oxygen atoms in total. The first kappa shape index (κ1) is 24.9. The minimum Gasteiger partial charge on any atom is -0.549 e. The minimum absolute atomic E-state index is 0. The molecule has 0 heterocycles. The van der Waals surface area contributed by atoms with E-state index in [9.17, 15) is 19.8 Å². The molecule has 0 saturated carbocycles. The maximum atomic E-state index is 10.9. The fourth-order valence-corrected chi connectivity index (χ4v) is 1.83. The number of carboxylic acids is 2. The quantitative estimate of drug-likeness (QED) is 0.241. The van der Waals surface area contributed by atoms with E-state index in [1.54, 1.807) is 6.92 Å². The van der Waals surface area contributed by atoms with Crippen molar-refractivity contribution in [3.05, 3.63) is 0 Å². The summed E-state index contributed by atoms with van der Waals surface area (Å²) in [5, 5.41) is 21.8. The Labute approximate surface area is 160 Å². The van der Waals surface area contributed by atoms with Crippen molar-refractivity contribution in [2.45, 2.75) is 59.3 Å². The number of unbranched alkanes of at least 4 members (excludes halogenated alkanes) is 4. The Morgan fingerprint density at radius 3 is 1.79 bits per heavy atom. The van der Waals surface area contributed by atoms with Gasteiger partial charge in [-0.2, -0.15) is 0 Å². The number of carbonyl (C=O) groups excluding carboxylic acids is 2. The predicted molar refractivity (Wildman–Crippen MR) is 60.7 cm³/mol. The molecule has 0 amide bonds. The monoisotopic (exact) mass is 288 g/mol. The molecule has 1 unspecified atom stereocenters. The van der Waals surface area contributed by atoms with E-state index in [1.807, 2.05) is 0 Å². The van der Waals surface area contributed by atoms with Crippen LogP contribution in [0.2, 0.25) is 0 Å². The summed E-state index contributed by atoms with van der Waals surface area (Å²) >= 11 is 0. The van der Waals surface area contributed by atoms with Crippen LogP contribution in [0, 0.1) is 11.3 Å². The van der Waals surface area contributed by atoms with Crippen molar-refractivity contribution in [3.63, 3.8) is 0 Å². The first-order chi connectivity index (χ1) is 7.87. The molecule has 0 aliphatic rings. The molecule has 6 heteroatoms. The molecule has 0 radical (unpaired) electrons. The Kier molecular flexibility index (Phi) is 16.6. The normalized spacial score (nSPS) is 11.9. The van der Waals surface area contributed by atoms with Gasteiger partial charge in [-0.15, -0.1) is 0 Å². The van der Waals surface area contributed by atoms with Gasteiger partial charge in [0.1, 0.15) is 0 Å². The van der Waals surface area contributed by atoms with Gasteiger partial charge in [0.05, 0.1) is 11.9 Å². The van der Waals surface area contributed by atoms with Crippen molar-refractivity contribution in [2.75, 3.05) is 0 Å². The van der Waals surface area contributed by atoms with Gasteiger partial charge in [0.15, 0.2) is 0 Å². The summed E-state index contributed by atoms with van der Waals surface area (Å²) in [6.07, 6.45) is 5.84. The Morgan fingerprint density at radius 2 is 1.42 bits per heavy atom. The van der Waals surface area contributed by atoms with Gasteiger partial charge >= 0.3 is 59.1 Å². The maximum absolute atomic E-state index is 10.9. The van der Waals surface area contributed by atoms with Crippen LogP contribution in [0.3, 0.4) is 0 Å². The molecule has 100 valence electrons. The molecule has 0 aliphatic heterocycles. The molecular formula is C13H22Na2O4. The smallest absolute Gasteiger partial charge is 0.549 e. The largest absolute Gasteiger partial charge is 1.00 e. The first-order valence-corrected chi connectivity index (χ1v) is 6.30. The van der Waals surface area contributed by atoms with Crippen molar-refractivity contribution >= 4 is 11.9 Å². The van der Waals surface area contributed by atoms with Gasteiger partial charge in [0, 0.05) is 5.41 Å². The van der Waals surface area contributed by atoms with Crippen molar-refractivity contribution in [1.29, 1.82) is 0 Å². The summed E-state index contributed by atoms with van der Waals surface area (Å²) in [5.41, 5.74) is -1.88. The molecule has 1 atom stereocenters. The Bertz CT molecular complexity index is 255. The van der Waals surface area contributed by atoms with Gasteiger partial charge in [-0.05, 0) is 19.3 Å². The number of hydrogen-bond donors (Lipinski definition) is 0. The molecule has 0 aliphatic carbocycles. The van der Waals surface area contributed by atoms with E-state index in [0.29, 0.717) is 6.42 Å². The molecule has 19 heavy (non-hydrogen) atoms. The summed E-state index contributed by atoms with van der Waals surface area (Å²) in [6, 6.07) is 0. The summed E-state index contributed by atoms with van der Waals surface area (Å²) in [5.74, 6) is -3.59. The molecule has 0 N–H and O–H groups in total. The van der Waals surface area contributed by atoms with Crippen LogP contribution in [0.15, 0.2) is 0 Å². The van der Waals surface area contributed by atoms with Crippen LogP contribution < -0.4 is 69.3 Å². The zero-order valence-corrected chi connectivity index (χ0v) is 17.0. The zero-order chi connectivity index (χ0) is 13.5. The van der Waals surface area contributed by atoms with Gasteiger partial charge < -0.3 is 19.8 Å². The predicted octanol–water partition coefficient (Wildman–Crippen LogP) is -5.50. The summed E-state index contributed by atoms with van der Waals surface area (Å²) in [6.45, 7) is 4.92. The minimum atomic E-state index is -1.88. The average molecular weight is 288 g/mol. The van der Waals surface area contributed by atoms with Gasteiger partial charge in [-0.25, -0.2) is 0 Å². The van der Waals surface area contributed by atoms with E-state index < -0.39 is 23.3 Å². The van der Waals surface area contributed by atoms with Crippen LogP contribution in [0.1, 0.15) is 59.3 Å². The molecule has 0 bridgehead atoms. The van der Waals surface area contributed by atoms with Crippen LogP contribution in [-0.2, 0) is 9.59 Å². The van der Waals surface area contributed by atoms with E-state index in [0.717, 1.165) is 32.1 Å². The number of carboxylic acid groups (broad SMARTS) is 2. The zero-order valence-electron chi connectivity index (χ0n) is 13.0. The van der Waals surface area contributed by atoms with Gasteiger partial charge in [0.2, 0.25) is 0 Å². The van der Waals surface area contributed by atoms with Crippen LogP contribution in [-0.4, -0.2) is 11.9 Å². The summed E-state index contributed by atoms with van der Waals surface area (Å²) < 4.78 is 0. The second-order valence-electron chi connectivity index (χ2n) is 4.88. The number of hydrogen-bond acceptors (Lipinski definition) is 4. The van der Waals surface area contributed by atoms with Crippen LogP contribution in [0.25, 0.3) is 0 Å². The van der Waals surface area contributed by atoms with Gasteiger partial charge in [-0.1, -0.05) is 46.0 Å². The van der Waals surface area contributed by atoms with Crippen molar-refractivity contribution in [3.8, 4) is 0 Å². The molecular weight excluding hydrogens is 266 g/mol. The second-order valence-corrected chi connectivity index (χ2v) is 4.88. The molecule has 0 aromatic carbocycles. The van der Waals surface area contributed by atoms with Gasteiger partial charge in [-0.3, -0.25) is 0 Å². The van der Waals surface area contributed by atoms with E-state index in [4.69, 9.17) is 0 Å². The van der Waals surface area contributed by atoms with Crippen molar-refractivity contribution in [2.24, 2.45) is 11.3 Å². The third kappa shape index (κ3) is 8.08. The average Bonchev–Trinajstić information content (AvgIpc) is 2.26. The second kappa shape index (κ2) is 12.7. The van der Waals surface area contributed by atoms with E-state index in [2.05, 4.69) is 6.92 Å². The third-order valence-corrected chi connectivity index (χ3v) is 3.57. The topological polar surface area (TPSA) is 80.3 Å². The number of carbonyl (C=O) groups is 2. The third-order valence-electron chi connectivity index (χ3n) is 3.57. The fourth-order valence-electron chi connectivity index (χ4n) is 1.83. The Balaban J connectivity index is -0.00000128. The molecule has 0 aromatic rings. The van der Waals surface area contributed by atoms with E-state index >= 15 is 0 Å². The maximum Gasteiger partial charge on any atom is 1.00 e. The van der Waals surface area contributed by atoms with Crippen LogP contribution in [0.4, 0.5) is 0 Å². The van der Waals surface area contributed by atoms with Crippen molar-refractivity contribution in [1.82, 2.24) is 0 Å². The Hall–Kier alpha value is 0.940. The molecule has 0 spiro atoms. The van der Waals surface area contributed by atoms with E-state index in [1.165, 1.54) is 6.92 Å². The van der Waals surface area contributed by atoms with Gasteiger partial charge in [0.25, 0.3) is 0 Å². The summed E-state index contributed by atoms with van der Waals surface area (Å²) in [4.78, 5) is 21.8. The molecule has 0 rings (SSSR count). The standard InChI is InChI=1S/C13H24O4.2Na/c1-4-5-6-7-8-9-10(2)13(3,11(14)15)12(16)17;;/h10H,4-9H2,1-3H3,(H,14,15)(H,16,17);;/q;2*+1/p-2. The molecule has 0 saturated heterocycles. The van der Waals surface area contributed by atoms with Crippen LogP contribution >= 0.6 is 0 Å². The first-order valence-electron chi connectivity index (χ1n) is 6.30. The fraction of sp³-hybridized carbons (Fsp3) is 0.846. The van der Waals surface area contributed by atoms with Crippen molar-refractivity contribution < 1.29 is 78.9 Å². The Morgan fingerprint density at radius 1 is 1.00 bits per heavy atom.